The summed E-state index contributed by atoms with van der Waals surface area (Å²) in [6, 6.07) is 15.1. The first kappa shape index (κ1) is 22.4. The molecule has 2 aliphatic heterocycles. The molecule has 5 rings (SSSR count). The molecule has 34 heavy (non-hydrogen) atoms. The molecule has 2 aliphatic rings. The third-order valence-corrected chi connectivity index (χ3v) is 6.34. The van der Waals surface area contributed by atoms with Gasteiger partial charge in [-0.15, -0.1) is 0 Å². The zero-order valence-corrected chi connectivity index (χ0v) is 19.6. The number of carbonyl (C=O) groups is 1. The lowest BCUT2D eigenvalue weighted by Gasteiger charge is -2.30. The van der Waals surface area contributed by atoms with E-state index in [9.17, 15) is 4.79 Å². The Hall–Kier alpha value is -3.36. The molecular weight excluding hydrogens is 454 g/mol. The van der Waals surface area contributed by atoms with Gasteiger partial charge in [0, 0.05) is 18.0 Å². The fraction of sp³-hybridized carbons (Fsp3) is 0.320. The Kier molecular flexibility index (Phi) is 6.51. The van der Waals surface area contributed by atoms with E-state index in [-0.39, 0.29) is 24.5 Å². The van der Waals surface area contributed by atoms with Crippen LogP contribution in [0.25, 0.3) is 11.4 Å². The Morgan fingerprint density at radius 1 is 1.18 bits per heavy atom. The van der Waals surface area contributed by atoms with Crippen LogP contribution in [0.1, 0.15) is 43.7 Å². The van der Waals surface area contributed by atoms with Crippen LogP contribution in [-0.4, -0.2) is 38.6 Å². The Labute approximate surface area is 203 Å². The van der Waals surface area contributed by atoms with E-state index in [1.165, 1.54) is 0 Å². The summed E-state index contributed by atoms with van der Waals surface area (Å²) in [7, 11) is 0. The zero-order valence-electron chi connectivity index (χ0n) is 18.9. The summed E-state index contributed by atoms with van der Waals surface area (Å²) in [6.07, 6.45) is 6.41. The minimum atomic E-state index is -0.304. The van der Waals surface area contributed by atoms with Crippen LogP contribution < -0.4 is 10.2 Å². The first-order valence-electron chi connectivity index (χ1n) is 11.5. The van der Waals surface area contributed by atoms with Crippen LogP contribution in [0, 0.1) is 0 Å². The van der Waals surface area contributed by atoms with E-state index in [4.69, 9.17) is 20.9 Å². The Bertz CT molecular complexity index is 1180. The molecule has 0 saturated carbocycles. The van der Waals surface area contributed by atoms with Gasteiger partial charge >= 0.3 is 0 Å². The molecule has 0 spiro atoms. The van der Waals surface area contributed by atoms with Crippen LogP contribution in [0.2, 0.25) is 5.02 Å². The largest absolute Gasteiger partial charge is 0.494 e. The van der Waals surface area contributed by atoms with Gasteiger partial charge in [-0.1, -0.05) is 54.4 Å². The molecule has 1 saturated heterocycles. The summed E-state index contributed by atoms with van der Waals surface area (Å²) in [5.41, 5.74) is 5.23. The molecule has 176 valence electrons. The lowest BCUT2D eigenvalue weighted by molar-refractivity contribution is -0.135. The van der Waals surface area contributed by atoms with Crippen LogP contribution in [0.3, 0.4) is 0 Å². The number of hydrazine groups is 1. The molecule has 0 aliphatic carbocycles. The highest BCUT2D eigenvalue weighted by atomic mass is 35.5. The second-order valence-electron chi connectivity index (χ2n) is 8.37. The molecule has 9 heteroatoms. The molecule has 1 fully saturated rings. The van der Waals surface area contributed by atoms with Crippen LogP contribution in [0.4, 0.5) is 0 Å². The number of benzene rings is 2. The number of rotatable bonds is 8. The maximum Gasteiger partial charge on any atom is 0.251 e. The van der Waals surface area contributed by atoms with E-state index in [2.05, 4.69) is 34.6 Å². The molecule has 2 unspecified atom stereocenters. The number of nitrogens with one attached hydrogen (secondary N) is 1. The summed E-state index contributed by atoms with van der Waals surface area (Å²) in [5.74, 6) is 1.60. The van der Waals surface area contributed by atoms with E-state index < -0.39 is 0 Å². The molecule has 2 aromatic carbocycles. The van der Waals surface area contributed by atoms with E-state index >= 15 is 0 Å². The molecular formula is C25H26ClN5O3. The summed E-state index contributed by atoms with van der Waals surface area (Å²) in [4.78, 5) is 19.2. The average Bonchev–Trinajstić information content (AvgIpc) is 3.50. The standard InChI is InChI=1S/C25H26ClN5O3/c1-2-3-14-33-18-10-8-17(9-11-18)21-15-22-25(32)30(12-13-31(22)28-21)16-23-27-24(29-34-23)19-6-4-5-7-20(19)26/h4-13,21-22,28H,2-3,14-16H2,1H3. The molecule has 0 bridgehead atoms. The number of halogens is 1. The van der Waals surface area contributed by atoms with Gasteiger partial charge in [-0.2, -0.15) is 4.98 Å². The van der Waals surface area contributed by atoms with Crippen molar-refractivity contribution in [3.8, 4) is 17.1 Å². The first-order chi connectivity index (χ1) is 16.6. The van der Waals surface area contributed by atoms with Crippen molar-refractivity contribution < 1.29 is 14.1 Å². The highest BCUT2D eigenvalue weighted by Crippen LogP contribution is 2.32. The van der Waals surface area contributed by atoms with Gasteiger partial charge in [0.25, 0.3) is 5.91 Å². The molecule has 0 radical (unpaired) electrons. The monoisotopic (exact) mass is 479 g/mol. The van der Waals surface area contributed by atoms with Crippen molar-refractivity contribution in [1.82, 2.24) is 25.5 Å². The fourth-order valence-electron chi connectivity index (χ4n) is 4.13. The smallest absolute Gasteiger partial charge is 0.251 e. The number of unbranched alkanes of at least 4 members (excludes halogenated alkanes) is 1. The highest BCUT2D eigenvalue weighted by molar-refractivity contribution is 6.33. The summed E-state index contributed by atoms with van der Waals surface area (Å²) < 4.78 is 11.1. The van der Waals surface area contributed by atoms with Crippen molar-refractivity contribution in [2.24, 2.45) is 0 Å². The van der Waals surface area contributed by atoms with Gasteiger partial charge in [0.05, 0.1) is 17.7 Å². The normalized spacial score (nSPS) is 19.5. The van der Waals surface area contributed by atoms with Gasteiger partial charge in [-0.3, -0.25) is 4.79 Å². The van der Waals surface area contributed by atoms with Crippen molar-refractivity contribution in [1.29, 1.82) is 0 Å². The molecule has 3 aromatic rings. The minimum Gasteiger partial charge on any atom is -0.494 e. The Morgan fingerprint density at radius 2 is 2.00 bits per heavy atom. The van der Waals surface area contributed by atoms with E-state index in [1.54, 1.807) is 17.2 Å². The van der Waals surface area contributed by atoms with E-state index in [1.807, 2.05) is 41.5 Å². The fourth-order valence-corrected chi connectivity index (χ4v) is 4.35. The van der Waals surface area contributed by atoms with Crippen LogP contribution >= 0.6 is 11.6 Å². The lowest BCUT2D eigenvalue weighted by atomic mass is 10.0. The SMILES string of the molecule is CCCCOc1ccc(C2CC3C(=O)N(Cc4nc(-c5ccccc5Cl)no4)C=CN3N2)cc1. The topological polar surface area (TPSA) is 83.7 Å². The van der Waals surface area contributed by atoms with Gasteiger partial charge in [-0.05, 0) is 42.7 Å². The van der Waals surface area contributed by atoms with Crippen molar-refractivity contribution in [3.63, 3.8) is 0 Å². The maximum absolute atomic E-state index is 13.2. The van der Waals surface area contributed by atoms with Gasteiger partial charge < -0.3 is 19.2 Å². The zero-order chi connectivity index (χ0) is 23.5. The number of ether oxygens (including phenoxy) is 1. The predicted molar refractivity (Wildman–Crippen MR) is 127 cm³/mol. The number of hydrogen-bond acceptors (Lipinski definition) is 7. The third-order valence-electron chi connectivity index (χ3n) is 6.01. The molecule has 3 heterocycles. The molecule has 1 aromatic heterocycles. The van der Waals surface area contributed by atoms with E-state index in [0.717, 1.165) is 30.8 Å². The van der Waals surface area contributed by atoms with Gasteiger partial charge in [0.1, 0.15) is 18.3 Å². The number of fused-ring (bicyclic) bond motifs is 1. The Morgan fingerprint density at radius 3 is 2.79 bits per heavy atom. The second kappa shape index (κ2) is 9.87. The summed E-state index contributed by atoms with van der Waals surface area (Å²) in [6.45, 7) is 3.07. The molecule has 8 nitrogen and oxygen atoms in total. The van der Waals surface area contributed by atoms with Crippen molar-refractivity contribution in [2.45, 2.75) is 44.8 Å². The maximum atomic E-state index is 13.2. The van der Waals surface area contributed by atoms with Crippen molar-refractivity contribution >= 4 is 17.5 Å². The number of amides is 1. The highest BCUT2D eigenvalue weighted by Gasteiger charge is 2.40. The third kappa shape index (κ3) is 4.64. The minimum absolute atomic E-state index is 0.0190. The summed E-state index contributed by atoms with van der Waals surface area (Å²) in [5, 5.41) is 6.44. The number of aromatic nitrogens is 2. The lowest BCUT2D eigenvalue weighted by Crippen LogP contribution is -2.47. The van der Waals surface area contributed by atoms with Crippen molar-refractivity contribution in [2.75, 3.05) is 6.61 Å². The van der Waals surface area contributed by atoms with Gasteiger partial charge in [-0.25, -0.2) is 5.43 Å². The van der Waals surface area contributed by atoms with Gasteiger partial charge in [0.2, 0.25) is 11.7 Å². The molecule has 1 amide bonds. The average molecular weight is 480 g/mol. The Balaban J connectivity index is 1.22. The number of carbonyl (C=O) groups excluding carboxylic acids is 1. The second-order valence-corrected chi connectivity index (χ2v) is 8.77. The van der Waals surface area contributed by atoms with Crippen LogP contribution in [0.5, 0.6) is 5.75 Å². The molecule has 2 atom stereocenters. The van der Waals surface area contributed by atoms with Gasteiger partial charge in [0.15, 0.2) is 0 Å². The number of hydrogen-bond donors (Lipinski definition) is 1. The predicted octanol–water partition coefficient (Wildman–Crippen LogP) is 4.70. The van der Waals surface area contributed by atoms with E-state index in [0.29, 0.717) is 28.7 Å². The quantitative estimate of drug-likeness (QED) is 0.468. The molecule has 1 N–H and O–H groups in total. The van der Waals surface area contributed by atoms with Crippen molar-refractivity contribution in [3.05, 3.63) is 77.4 Å². The van der Waals surface area contributed by atoms with Crippen LogP contribution in [0.15, 0.2) is 65.5 Å². The van der Waals surface area contributed by atoms with Crippen LogP contribution in [-0.2, 0) is 11.3 Å². The number of nitrogens with zero attached hydrogens (tertiary/aromatic N) is 4. The summed E-state index contributed by atoms with van der Waals surface area (Å²) >= 11 is 6.23. The first-order valence-corrected chi connectivity index (χ1v) is 11.8.